The van der Waals surface area contributed by atoms with Gasteiger partial charge in [0.25, 0.3) is 0 Å². The Labute approximate surface area is 129 Å². The maximum atomic E-state index is 8.00. The molecule has 0 aliphatic heterocycles. The molecule has 5 heteroatoms. The fraction of sp³-hybridized carbons (Fsp3) is 0.500. The lowest BCUT2D eigenvalue weighted by Crippen LogP contribution is -2.18. The SMILES string of the molecule is C=NNC(OCC)c1ccc(CC)cc1.C=O.CC.CO. The van der Waals surface area contributed by atoms with Crippen LogP contribution in [0.5, 0.6) is 0 Å². The maximum Gasteiger partial charge on any atom is 0.168 e. The van der Waals surface area contributed by atoms with Crippen LogP contribution in [0.3, 0.4) is 0 Å². The van der Waals surface area contributed by atoms with E-state index in [1.54, 1.807) is 0 Å². The van der Waals surface area contributed by atoms with Gasteiger partial charge in [0.1, 0.15) is 6.79 Å². The third-order valence-electron chi connectivity index (χ3n) is 2.23. The lowest BCUT2D eigenvalue weighted by Gasteiger charge is -2.16. The van der Waals surface area contributed by atoms with Crippen LogP contribution < -0.4 is 5.43 Å². The van der Waals surface area contributed by atoms with E-state index in [0.29, 0.717) is 6.61 Å². The van der Waals surface area contributed by atoms with Gasteiger partial charge in [0.15, 0.2) is 6.23 Å². The number of ether oxygens (including phenoxy) is 1. The molecule has 0 saturated carbocycles. The molecule has 1 unspecified atom stereocenters. The van der Waals surface area contributed by atoms with Crippen LogP contribution in [0.15, 0.2) is 29.4 Å². The summed E-state index contributed by atoms with van der Waals surface area (Å²) in [6.45, 7) is 14.1. The molecule has 1 atom stereocenters. The minimum atomic E-state index is -0.196. The highest BCUT2D eigenvalue weighted by Gasteiger charge is 2.08. The summed E-state index contributed by atoms with van der Waals surface area (Å²) in [7, 11) is 1.00. The summed E-state index contributed by atoms with van der Waals surface area (Å²) in [6.07, 6.45) is 0.852. The number of carbonyl (C=O) groups is 1. The van der Waals surface area contributed by atoms with Crippen LogP contribution in [0, 0.1) is 0 Å². The molecule has 0 aromatic heterocycles. The predicted molar refractivity (Wildman–Crippen MR) is 89.5 cm³/mol. The Kier molecular flexibility index (Phi) is 23.8. The van der Waals surface area contributed by atoms with Crippen LogP contribution in [0.25, 0.3) is 0 Å². The summed E-state index contributed by atoms with van der Waals surface area (Å²) < 4.78 is 5.50. The molecule has 0 fully saturated rings. The molecule has 5 nitrogen and oxygen atoms in total. The average molecular weight is 298 g/mol. The summed E-state index contributed by atoms with van der Waals surface area (Å²) in [6, 6.07) is 8.31. The van der Waals surface area contributed by atoms with Crippen molar-refractivity contribution < 1.29 is 14.6 Å². The van der Waals surface area contributed by atoms with E-state index >= 15 is 0 Å². The molecule has 0 saturated heterocycles. The minimum absolute atomic E-state index is 0.196. The molecule has 0 radical (unpaired) electrons. The number of aliphatic hydroxyl groups is 1. The smallest absolute Gasteiger partial charge is 0.168 e. The van der Waals surface area contributed by atoms with E-state index in [1.807, 2.05) is 27.6 Å². The quantitative estimate of drug-likeness (QED) is 0.481. The Morgan fingerprint density at radius 2 is 1.67 bits per heavy atom. The number of hydrogen-bond acceptors (Lipinski definition) is 5. The van der Waals surface area contributed by atoms with E-state index in [0.717, 1.165) is 19.1 Å². The van der Waals surface area contributed by atoms with Crippen LogP contribution in [-0.4, -0.2) is 32.3 Å². The zero-order valence-electron chi connectivity index (χ0n) is 13.9. The molecule has 0 amide bonds. The third-order valence-corrected chi connectivity index (χ3v) is 2.23. The van der Waals surface area contributed by atoms with Crippen molar-refractivity contribution in [2.24, 2.45) is 5.10 Å². The van der Waals surface area contributed by atoms with Crippen molar-refractivity contribution in [1.82, 2.24) is 5.43 Å². The first-order valence-electron chi connectivity index (χ1n) is 6.97. The first-order valence-corrected chi connectivity index (χ1v) is 6.97. The molecule has 0 spiro atoms. The van der Waals surface area contributed by atoms with Gasteiger partial charge in [0.2, 0.25) is 0 Å². The van der Waals surface area contributed by atoms with E-state index in [-0.39, 0.29) is 6.23 Å². The Balaban J connectivity index is -0.000000478. The minimum Gasteiger partial charge on any atom is -0.400 e. The number of aryl methyl sites for hydroxylation is 1. The molecular weight excluding hydrogens is 268 g/mol. The van der Waals surface area contributed by atoms with Crippen molar-refractivity contribution in [2.75, 3.05) is 13.7 Å². The highest BCUT2D eigenvalue weighted by molar-refractivity contribution is 5.25. The van der Waals surface area contributed by atoms with Crippen LogP contribution in [0.4, 0.5) is 0 Å². The van der Waals surface area contributed by atoms with Gasteiger partial charge in [-0.3, -0.25) is 5.43 Å². The maximum absolute atomic E-state index is 8.00. The van der Waals surface area contributed by atoms with Gasteiger partial charge < -0.3 is 14.6 Å². The molecule has 1 rings (SSSR count). The summed E-state index contributed by atoms with van der Waals surface area (Å²) in [5.74, 6) is 0. The number of hydrazone groups is 1. The van der Waals surface area contributed by atoms with Gasteiger partial charge in [0, 0.05) is 26.0 Å². The summed E-state index contributed by atoms with van der Waals surface area (Å²) in [4.78, 5) is 8.00. The fourth-order valence-electron chi connectivity index (χ4n) is 1.39. The highest BCUT2D eigenvalue weighted by Crippen LogP contribution is 2.15. The largest absolute Gasteiger partial charge is 0.400 e. The number of aliphatic hydroxyl groups excluding tert-OH is 1. The Morgan fingerprint density at radius 1 is 1.19 bits per heavy atom. The van der Waals surface area contributed by atoms with E-state index in [4.69, 9.17) is 14.6 Å². The van der Waals surface area contributed by atoms with Crippen molar-refractivity contribution in [3.8, 4) is 0 Å². The van der Waals surface area contributed by atoms with Gasteiger partial charge in [0.05, 0.1) is 0 Å². The van der Waals surface area contributed by atoms with Crippen molar-refractivity contribution in [2.45, 2.75) is 40.3 Å². The van der Waals surface area contributed by atoms with Crippen LogP contribution in [0.2, 0.25) is 0 Å². The summed E-state index contributed by atoms with van der Waals surface area (Å²) in [5.41, 5.74) is 5.22. The lowest BCUT2D eigenvalue weighted by atomic mass is 10.1. The van der Waals surface area contributed by atoms with Gasteiger partial charge in [-0.25, -0.2) is 0 Å². The third kappa shape index (κ3) is 11.8. The normalized spacial score (nSPS) is 9.43. The van der Waals surface area contributed by atoms with Crippen molar-refractivity contribution >= 4 is 13.5 Å². The molecule has 21 heavy (non-hydrogen) atoms. The van der Waals surface area contributed by atoms with E-state index in [2.05, 4.69) is 48.4 Å². The Morgan fingerprint density at radius 3 is 2.00 bits per heavy atom. The fourth-order valence-corrected chi connectivity index (χ4v) is 1.39. The molecule has 0 aliphatic carbocycles. The first kappa shape index (κ1) is 24.3. The molecule has 2 N–H and O–H groups in total. The molecule has 1 aromatic rings. The molecule has 1 aromatic carbocycles. The number of nitrogens with zero attached hydrogens (tertiary/aromatic N) is 1. The molecular formula is C16H30N2O3. The van der Waals surface area contributed by atoms with Gasteiger partial charge in [-0.1, -0.05) is 45.0 Å². The number of hydrogen-bond donors (Lipinski definition) is 2. The zero-order chi connectivity index (χ0) is 17.1. The second-order valence-electron chi connectivity index (χ2n) is 3.22. The lowest BCUT2D eigenvalue weighted by molar-refractivity contribution is -0.0979. The van der Waals surface area contributed by atoms with E-state index < -0.39 is 0 Å². The average Bonchev–Trinajstić information content (AvgIpc) is 2.60. The summed E-state index contributed by atoms with van der Waals surface area (Å²) >= 11 is 0. The van der Waals surface area contributed by atoms with Gasteiger partial charge in [-0.15, -0.1) is 0 Å². The number of carbonyl (C=O) groups excluding carboxylic acids is 1. The van der Waals surface area contributed by atoms with E-state index in [1.165, 1.54) is 5.56 Å². The first-order chi connectivity index (χ1) is 10.3. The van der Waals surface area contributed by atoms with Gasteiger partial charge in [-0.05, 0) is 18.9 Å². The van der Waals surface area contributed by atoms with E-state index in [9.17, 15) is 0 Å². The second kappa shape index (κ2) is 20.6. The molecule has 0 bridgehead atoms. The van der Waals surface area contributed by atoms with Crippen molar-refractivity contribution in [3.05, 3.63) is 35.4 Å². The van der Waals surface area contributed by atoms with Crippen molar-refractivity contribution in [1.29, 1.82) is 0 Å². The molecule has 0 heterocycles. The van der Waals surface area contributed by atoms with Crippen molar-refractivity contribution in [3.63, 3.8) is 0 Å². The predicted octanol–water partition coefficient (Wildman–Crippen LogP) is 2.94. The molecule has 0 aliphatic rings. The van der Waals surface area contributed by atoms with Crippen LogP contribution in [0.1, 0.15) is 45.0 Å². The molecule has 122 valence electrons. The number of rotatable bonds is 6. The number of nitrogens with one attached hydrogen (secondary N) is 1. The second-order valence-corrected chi connectivity index (χ2v) is 3.22. The standard InChI is InChI=1S/C12H18N2O.C2H6.CH4O.CH2O/c1-4-10-6-8-11(9-7-10)12(14-13-3)15-5-2;3*1-2/h6-9,12,14H,3-5H2,1-2H3;1-2H3;2H,1H3;1H2. The topological polar surface area (TPSA) is 70.9 Å². The number of benzene rings is 1. The summed E-state index contributed by atoms with van der Waals surface area (Å²) in [5, 5.41) is 10.6. The Hall–Kier alpha value is -1.72. The monoisotopic (exact) mass is 298 g/mol. The van der Waals surface area contributed by atoms with Crippen LogP contribution >= 0.6 is 0 Å². The van der Waals surface area contributed by atoms with Gasteiger partial charge >= 0.3 is 0 Å². The highest BCUT2D eigenvalue weighted by atomic mass is 16.5. The Bertz CT molecular complexity index is 316. The zero-order valence-corrected chi connectivity index (χ0v) is 13.9. The van der Waals surface area contributed by atoms with Gasteiger partial charge in [-0.2, -0.15) is 5.10 Å². The van der Waals surface area contributed by atoms with Crippen LogP contribution in [-0.2, 0) is 16.0 Å².